The van der Waals surface area contributed by atoms with Crippen LogP contribution in [0.1, 0.15) is 22.3 Å². The van der Waals surface area contributed by atoms with Gasteiger partial charge in [-0.25, -0.2) is 0 Å². The summed E-state index contributed by atoms with van der Waals surface area (Å²) in [6.45, 7) is 0. The van der Waals surface area contributed by atoms with Crippen molar-refractivity contribution in [2.45, 2.75) is 0 Å². The first kappa shape index (κ1) is 40.7. The average Bonchev–Trinajstić information content (AvgIpc) is 3.34. The maximum absolute atomic E-state index is 5.27. The Hall–Kier alpha value is -8.08. The van der Waals surface area contributed by atoms with E-state index >= 15 is 0 Å². The smallest absolute Gasteiger partial charge is 0.118 e. The van der Waals surface area contributed by atoms with Crippen LogP contribution in [0.3, 0.4) is 0 Å². The average molecular weight is 805 g/mol. The molecule has 8 aromatic carbocycles. The largest absolute Gasteiger partial charge is 0.497 e. The molecule has 0 heterocycles. The molecule has 0 unspecified atom stereocenters. The zero-order valence-electron chi connectivity index (χ0n) is 35.0. The molecule has 4 heteroatoms. The lowest BCUT2D eigenvalue weighted by Crippen LogP contribution is -2.10. The number of anilines is 6. The summed E-state index contributed by atoms with van der Waals surface area (Å²) >= 11 is 0. The number of rotatable bonds is 15. The Morgan fingerprint density at radius 1 is 0.274 bits per heavy atom. The van der Waals surface area contributed by atoms with Gasteiger partial charge in [0.25, 0.3) is 0 Å². The number of benzene rings is 8. The first-order chi connectivity index (χ1) is 30.6. The minimum absolute atomic E-state index is 0.856. The SMILES string of the molecule is COc1ccc(/C=C/C=C/c2ccc(N(c3ccccc3)c3ccc(-c4ccc(N(c5ccccc5)c5ccc(/C=C/C=C/c6ccc(OC)cc6)cc5)cc4)cc3)cc2)cc1. The predicted octanol–water partition coefficient (Wildman–Crippen LogP) is 15.8. The second kappa shape index (κ2) is 20.3. The van der Waals surface area contributed by atoms with Gasteiger partial charge in [-0.3, -0.25) is 0 Å². The van der Waals surface area contributed by atoms with Gasteiger partial charge >= 0.3 is 0 Å². The Morgan fingerprint density at radius 3 is 0.790 bits per heavy atom. The molecule has 0 amide bonds. The number of para-hydroxylation sites is 2. The third-order valence-corrected chi connectivity index (χ3v) is 10.5. The lowest BCUT2D eigenvalue weighted by Gasteiger charge is -2.26. The molecular formula is C58H48N2O2. The standard InChI is InChI=1S/C58H48N2O2/c1-61-57-41-25-47(26-42-57)15-11-9-13-45-21-33-53(34-22-45)59(51-17-5-3-6-18-51)55-37-29-49(30-38-55)50-31-39-56(40-32-50)60(52-19-7-4-8-20-52)54-35-23-46(24-36-54)14-10-12-16-48-27-43-58(62-2)44-28-48/h3-44H,1-2H3/b13-9+,14-10+,15-11+,16-12+. The van der Waals surface area contributed by atoms with Crippen LogP contribution >= 0.6 is 0 Å². The topological polar surface area (TPSA) is 24.9 Å². The quantitative estimate of drug-likeness (QED) is 0.0964. The van der Waals surface area contributed by atoms with Gasteiger partial charge in [-0.1, -0.05) is 158 Å². The zero-order valence-corrected chi connectivity index (χ0v) is 35.0. The molecule has 8 aromatic rings. The number of nitrogens with zero attached hydrogens (tertiary/aromatic N) is 2. The van der Waals surface area contributed by atoms with Crippen molar-refractivity contribution in [2.75, 3.05) is 24.0 Å². The monoisotopic (exact) mass is 804 g/mol. The van der Waals surface area contributed by atoms with Gasteiger partial charge in [-0.05, 0) is 130 Å². The molecule has 0 fully saturated rings. The molecule has 0 aromatic heterocycles. The number of methoxy groups -OCH3 is 2. The predicted molar refractivity (Wildman–Crippen MR) is 263 cm³/mol. The van der Waals surface area contributed by atoms with Gasteiger partial charge in [0.05, 0.1) is 14.2 Å². The molecule has 0 atom stereocenters. The highest BCUT2D eigenvalue weighted by atomic mass is 16.5. The molecule has 8 rings (SSSR count). The lowest BCUT2D eigenvalue weighted by molar-refractivity contribution is 0.414. The fourth-order valence-electron chi connectivity index (χ4n) is 7.22. The number of allylic oxidation sites excluding steroid dienone is 4. The minimum atomic E-state index is 0.856. The highest BCUT2D eigenvalue weighted by molar-refractivity contribution is 5.81. The van der Waals surface area contributed by atoms with Gasteiger partial charge in [0, 0.05) is 34.1 Å². The van der Waals surface area contributed by atoms with Crippen molar-refractivity contribution in [3.05, 3.63) is 253 Å². The van der Waals surface area contributed by atoms with Crippen LogP contribution in [0.25, 0.3) is 35.4 Å². The molecule has 0 aliphatic carbocycles. The molecule has 0 aliphatic rings. The van der Waals surface area contributed by atoms with E-state index in [1.54, 1.807) is 14.2 Å². The van der Waals surface area contributed by atoms with Crippen molar-refractivity contribution in [1.82, 2.24) is 0 Å². The molecule has 0 saturated heterocycles. The summed E-state index contributed by atoms with van der Waals surface area (Å²) in [6.07, 6.45) is 16.7. The van der Waals surface area contributed by atoms with Crippen molar-refractivity contribution in [2.24, 2.45) is 0 Å². The summed E-state index contributed by atoms with van der Waals surface area (Å²) in [4.78, 5) is 4.59. The Bertz CT molecular complexity index is 2540. The van der Waals surface area contributed by atoms with Crippen LogP contribution in [-0.2, 0) is 0 Å². The first-order valence-electron chi connectivity index (χ1n) is 20.7. The van der Waals surface area contributed by atoms with E-state index in [0.29, 0.717) is 0 Å². The Balaban J connectivity index is 0.972. The molecule has 0 radical (unpaired) electrons. The Labute approximate surface area is 365 Å². The maximum Gasteiger partial charge on any atom is 0.118 e. The lowest BCUT2D eigenvalue weighted by atomic mass is 10.0. The molecule has 0 N–H and O–H groups in total. The Morgan fingerprint density at radius 2 is 0.516 bits per heavy atom. The molecule has 62 heavy (non-hydrogen) atoms. The molecule has 0 saturated carbocycles. The molecule has 302 valence electrons. The summed E-state index contributed by atoms with van der Waals surface area (Å²) in [5.74, 6) is 1.71. The van der Waals surface area contributed by atoms with Gasteiger partial charge in [-0.2, -0.15) is 0 Å². The second-order valence-corrected chi connectivity index (χ2v) is 14.6. The number of hydrogen-bond donors (Lipinski definition) is 0. The fourth-order valence-corrected chi connectivity index (χ4v) is 7.22. The van der Waals surface area contributed by atoms with Crippen molar-refractivity contribution in [3.8, 4) is 22.6 Å². The number of ether oxygens (including phenoxy) is 2. The van der Waals surface area contributed by atoms with Crippen LogP contribution in [0, 0.1) is 0 Å². The molecule has 4 nitrogen and oxygen atoms in total. The van der Waals surface area contributed by atoms with E-state index in [9.17, 15) is 0 Å². The van der Waals surface area contributed by atoms with Crippen molar-refractivity contribution >= 4 is 58.4 Å². The van der Waals surface area contributed by atoms with Crippen molar-refractivity contribution in [1.29, 1.82) is 0 Å². The van der Waals surface area contributed by atoms with Crippen LogP contribution in [0.2, 0.25) is 0 Å². The summed E-state index contributed by atoms with van der Waals surface area (Å²) in [6, 6.07) is 72.1. The molecule has 0 spiro atoms. The minimum Gasteiger partial charge on any atom is -0.497 e. The van der Waals surface area contributed by atoms with Crippen LogP contribution < -0.4 is 19.3 Å². The third kappa shape index (κ3) is 10.4. The normalized spacial score (nSPS) is 11.5. The fraction of sp³-hybridized carbons (Fsp3) is 0.0345. The van der Waals surface area contributed by atoms with Crippen molar-refractivity contribution < 1.29 is 9.47 Å². The van der Waals surface area contributed by atoms with Crippen LogP contribution in [-0.4, -0.2) is 14.2 Å². The molecule has 0 bridgehead atoms. The van der Waals surface area contributed by atoms with Gasteiger partial charge in [0.1, 0.15) is 11.5 Å². The van der Waals surface area contributed by atoms with E-state index < -0.39 is 0 Å². The van der Waals surface area contributed by atoms with E-state index in [-0.39, 0.29) is 0 Å². The molecular weight excluding hydrogens is 757 g/mol. The van der Waals surface area contributed by atoms with Gasteiger partial charge in [0.2, 0.25) is 0 Å². The van der Waals surface area contributed by atoms with Gasteiger partial charge in [0.15, 0.2) is 0 Å². The second-order valence-electron chi connectivity index (χ2n) is 14.6. The van der Waals surface area contributed by atoms with Crippen LogP contribution in [0.4, 0.5) is 34.1 Å². The van der Waals surface area contributed by atoms with Crippen LogP contribution in [0.5, 0.6) is 11.5 Å². The van der Waals surface area contributed by atoms with E-state index in [2.05, 4.69) is 216 Å². The van der Waals surface area contributed by atoms with E-state index in [1.807, 2.05) is 48.5 Å². The van der Waals surface area contributed by atoms with E-state index in [0.717, 1.165) is 79.0 Å². The summed E-state index contributed by atoms with van der Waals surface area (Å²) in [5, 5.41) is 0. The highest BCUT2D eigenvalue weighted by Gasteiger charge is 2.14. The van der Waals surface area contributed by atoms with Crippen molar-refractivity contribution in [3.63, 3.8) is 0 Å². The number of hydrogen-bond acceptors (Lipinski definition) is 4. The van der Waals surface area contributed by atoms with E-state index in [4.69, 9.17) is 9.47 Å². The third-order valence-electron chi connectivity index (χ3n) is 10.5. The maximum atomic E-state index is 5.27. The zero-order chi connectivity index (χ0) is 42.4. The summed E-state index contributed by atoms with van der Waals surface area (Å²) in [5.41, 5.74) is 13.4. The van der Waals surface area contributed by atoms with Gasteiger partial charge in [-0.15, -0.1) is 0 Å². The van der Waals surface area contributed by atoms with E-state index in [1.165, 1.54) is 0 Å². The summed E-state index contributed by atoms with van der Waals surface area (Å²) < 4.78 is 10.5. The molecule has 0 aliphatic heterocycles. The highest BCUT2D eigenvalue weighted by Crippen LogP contribution is 2.38. The first-order valence-corrected chi connectivity index (χ1v) is 20.7. The summed E-state index contributed by atoms with van der Waals surface area (Å²) in [7, 11) is 3.36. The van der Waals surface area contributed by atoms with Gasteiger partial charge < -0.3 is 19.3 Å². The van der Waals surface area contributed by atoms with Crippen LogP contribution in [0.15, 0.2) is 231 Å². The Kier molecular flexibility index (Phi) is 13.3.